The Bertz CT molecular complexity index is 544. The van der Waals surface area contributed by atoms with Crippen LogP contribution in [0.15, 0.2) is 55.6 Å². The lowest BCUT2D eigenvalue weighted by molar-refractivity contribution is 0.133. The maximum Gasteiger partial charge on any atom is 0.305 e. The number of rotatable bonds is 6. The Morgan fingerprint density at radius 1 is 1.12 bits per heavy atom. The molecule has 0 spiro atoms. The van der Waals surface area contributed by atoms with Gasteiger partial charge >= 0.3 is 6.92 Å². The average Bonchev–Trinajstić information content (AvgIpc) is 2.83. The molecule has 2 aliphatic heterocycles. The fourth-order valence-electron chi connectivity index (χ4n) is 4.91. The summed E-state index contributed by atoms with van der Waals surface area (Å²) in [4.78, 5) is 0. The smallest absolute Gasteiger partial charge is 0.305 e. The van der Waals surface area contributed by atoms with Crippen LogP contribution in [0.1, 0.15) is 63.3 Å². The second kappa shape index (κ2) is 7.74. The summed E-state index contributed by atoms with van der Waals surface area (Å²) in [5, 5.41) is 0. The van der Waals surface area contributed by atoms with Crippen LogP contribution in [0.5, 0.6) is 0 Å². The van der Waals surface area contributed by atoms with Crippen LogP contribution in [-0.4, -0.2) is 12.5 Å². The summed E-state index contributed by atoms with van der Waals surface area (Å²) in [5.74, 6) is 1.94. The van der Waals surface area contributed by atoms with Crippen molar-refractivity contribution in [3.63, 3.8) is 0 Å². The molecule has 3 rings (SSSR count). The molecule has 24 heavy (non-hydrogen) atoms. The molecule has 0 N–H and O–H groups in total. The first kappa shape index (κ1) is 17.5. The maximum absolute atomic E-state index is 6.84. The summed E-state index contributed by atoms with van der Waals surface area (Å²) in [6.07, 6.45) is 12.8. The molecule has 0 aliphatic carbocycles. The summed E-state index contributed by atoms with van der Waals surface area (Å²) in [6.45, 7) is 10.4. The molecule has 2 aliphatic rings. The summed E-state index contributed by atoms with van der Waals surface area (Å²) >= 11 is 0. The van der Waals surface area contributed by atoms with E-state index in [9.17, 15) is 0 Å². The SMILES string of the molecule is C=CC[C@@](C)(C=C)OB1C2CCCC(CCC2)[C@H]1c1ccccc1. The summed E-state index contributed by atoms with van der Waals surface area (Å²) in [5.41, 5.74) is 1.16. The molecule has 0 aromatic heterocycles. The zero-order valence-corrected chi connectivity index (χ0v) is 15.1. The topological polar surface area (TPSA) is 9.23 Å². The predicted octanol–water partition coefficient (Wildman–Crippen LogP) is 6.19. The first-order valence-corrected chi connectivity index (χ1v) is 9.64. The molecule has 1 aromatic carbocycles. The van der Waals surface area contributed by atoms with Crippen LogP contribution in [0.4, 0.5) is 0 Å². The number of benzene rings is 1. The van der Waals surface area contributed by atoms with Gasteiger partial charge in [-0.3, -0.25) is 0 Å². The highest BCUT2D eigenvalue weighted by Gasteiger charge is 2.46. The average molecular weight is 322 g/mol. The van der Waals surface area contributed by atoms with Gasteiger partial charge in [0.15, 0.2) is 0 Å². The van der Waals surface area contributed by atoms with E-state index < -0.39 is 0 Å². The van der Waals surface area contributed by atoms with Gasteiger partial charge < -0.3 is 4.65 Å². The maximum atomic E-state index is 6.84. The molecule has 128 valence electrons. The summed E-state index contributed by atoms with van der Waals surface area (Å²) < 4.78 is 6.84. The van der Waals surface area contributed by atoms with E-state index in [0.717, 1.165) is 12.3 Å². The van der Waals surface area contributed by atoms with Crippen molar-refractivity contribution in [3.8, 4) is 0 Å². The molecule has 2 heteroatoms. The van der Waals surface area contributed by atoms with Crippen LogP contribution in [0.2, 0.25) is 5.82 Å². The van der Waals surface area contributed by atoms with E-state index in [2.05, 4.69) is 50.4 Å². The van der Waals surface area contributed by atoms with E-state index in [0.29, 0.717) is 18.6 Å². The first-order valence-electron chi connectivity index (χ1n) is 9.64. The first-order chi connectivity index (χ1) is 11.7. The van der Waals surface area contributed by atoms with E-state index >= 15 is 0 Å². The van der Waals surface area contributed by atoms with Crippen molar-refractivity contribution in [1.29, 1.82) is 0 Å². The van der Waals surface area contributed by atoms with Crippen molar-refractivity contribution in [3.05, 3.63) is 61.2 Å². The van der Waals surface area contributed by atoms with E-state index in [1.54, 1.807) is 0 Å². The third kappa shape index (κ3) is 3.69. The molecule has 2 heterocycles. The van der Waals surface area contributed by atoms with Crippen LogP contribution < -0.4 is 0 Å². The molecular weight excluding hydrogens is 291 g/mol. The lowest BCUT2D eigenvalue weighted by Gasteiger charge is -2.37. The van der Waals surface area contributed by atoms with E-state index in [-0.39, 0.29) is 5.60 Å². The Kier molecular flexibility index (Phi) is 5.66. The molecule has 2 saturated heterocycles. The van der Waals surface area contributed by atoms with Gasteiger partial charge in [-0.25, -0.2) is 0 Å². The van der Waals surface area contributed by atoms with Gasteiger partial charge in [0.25, 0.3) is 0 Å². The van der Waals surface area contributed by atoms with Crippen molar-refractivity contribution >= 4 is 6.92 Å². The molecule has 2 atom stereocenters. The van der Waals surface area contributed by atoms with Gasteiger partial charge in [0.1, 0.15) is 0 Å². The van der Waals surface area contributed by atoms with Gasteiger partial charge in [0.05, 0.1) is 5.60 Å². The molecule has 0 saturated carbocycles. The Hall–Kier alpha value is -1.28. The summed E-state index contributed by atoms with van der Waals surface area (Å²) in [6, 6.07) is 11.1. The zero-order chi connectivity index (χ0) is 17.0. The lowest BCUT2D eigenvalue weighted by Crippen LogP contribution is -2.41. The third-order valence-electron chi connectivity index (χ3n) is 6.20. The third-order valence-corrected chi connectivity index (χ3v) is 6.20. The van der Waals surface area contributed by atoms with Gasteiger partial charge in [0, 0.05) is 0 Å². The van der Waals surface area contributed by atoms with E-state index in [1.165, 1.54) is 44.1 Å². The molecule has 0 amide bonds. The fraction of sp³-hybridized carbons (Fsp3) is 0.545. The van der Waals surface area contributed by atoms with Crippen LogP contribution in [0.25, 0.3) is 0 Å². The minimum Gasteiger partial charge on any atom is -0.426 e. The Morgan fingerprint density at radius 3 is 2.38 bits per heavy atom. The highest BCUT2D eigenvalue weighted by Crippen LogP contribution is 2.49. The predicted molar refractivity (Wildman–Crippen MR) is 104 cm³/mol. The standard InChI is InChI=1S/C22H31BO/c1-4-17-22(3,5-2)24-23-20-15-9-13-19(14-10-16-20)21(23)18-11-7-6-8-12-18/h4-8,11-12,19-21H,1-2,9-10,13-17H2,3H3/t19?,20?,21-,22-/m1/s1. The highest BCUT2D eigenvalue weighted by atomic mass is 16.5. The molecule has 2 bridgehead atoms. The molecule has 2 fully saturated rings. The van der Waals surface area contributed by atoms with Crippen LogP contribution >= 0.6 is 0 Å². The Morgan fingerprint density at radius 2 is 1.79 bits per heavy atom. The molecule has 0 radical (unpaired) electrons. The zero-order valence-electron chi connectivity index (χ0n) is 15.1. The van der Waals surface area contributed by atoms with Crippen LogP contribution in [0.3, 0.4) is 0 Å². The van der Waals surface area contributed by atoms with Crippen LogP contribution in [-0.2, 0) is 4.65 Å². The quantitative estimate of drug-likeness (QED) is 0.448. The Labute approximate surface area is 148 Å². The van der Waals surface area contributed by atoms with Crippen LogP contribution in [0, 0.1) is 5.92 Å². The minimum atomic E-state index is -0.309. The second-order valence-electron chi connectivity index (χ2n) is 7.91. The van der Waals surface area contributed by atoms with Crippen molar-refractivity contribution < 1.29 is 4.65 Å². The Balaban J connectivity index is 1.97. The van der Waals surface area contributed by atoms with Crippen molar-refractivity contribution in [2.24, 2.45) is 5.92 Å². The van der Waals surface area contributed by atoms with Crippen molar-refractivity contribution in [1.82, 2.24) is 0 Å². The largest absolute Gasteiger partial charge is 0.426 e. The molecular formula is C22H31BO. The monoisotopic (exact) mass is 322 g/mol. The second-order valence-corrected chi connectivity index (χ2v) is 7.91. The van der Waals surface area contributed by atoms with E-state index in [4.69, 9.17) is 4.65 Å². The van der Waals surface area contributed by atoms with Gasteiger partial charge in [-0.05, 0) is 36.5 Å². The highest BCUT2D eigenvalue weighted by molar-refractivity contribution is 6.56. The van der Waals surface area contributed by atoms with E-state index in [1.807, 2.05) is 12.2 Å². The molecule has 1 nitrogen and oxygen atoms in total. The fourth-order valence-corrected chi connectivity index (χ4v) is 4.91. The van der Waals surface area contributed by atoms with Gasteiger partial charge in [-0.1, -0.05) is 81.0 Å². The normalized spacial score (nSPS) is 29.4. The minimum absolute atomic E-state index is 0.297. The van der Waals surface area contributed by atoms with Crippen molar-refractivity contribution in [2.45, 2.75) is 69.1 Å². The van der Waals surface area contributed by atoms with Gasteiger partial charge in [0.2, 0.25) is 0 Å². The summed E-state index contributed by atoms with van der Waals surface area (Å²) in [7, 11) is 0. The number of hydrogen-bond acceptors (Lipinski definition) is 1. The number of fused-ring (bicyclic) bond motifs is 3. The van der Waals surface area contributed by atoms with Gasteiger partial charge in [-0.15, -0.1) is 13.2 Å². The molecule has 1 aromatic rings. The number of hydrogen-bond donors (Lipinski definition) is 0. The molecule has 0 unspecified atom stereocenters. The van der Waals surface area contributed by atoms with Gasteiger partial charge in [-0.2, -0.15) is 0 Å². The van der Waals surface area contributed by atoms with Crippen molar-refractivity contribution in [2.75, 3.05) is 0 Å². The lowest BCUT2D eigenvalue weighted by atomic mass is 9.43.